The first-order valence-corrected chi connectivity index (χ1v) is 7.20. The van der Waals surface area contributed by atoms with Gasteiger partial charge >= 0.3 is 5.97 Å². The summed E-state index contributed by atoms with van der Waals surface area (Å²) in [5.74, 6) is -2.84. The zero-order chi connectivity index (χ0) is 18.1. The molecular weight excluding hydrogens is 316 g/mol. The van der Waals surface area contributed by atoms with Gasteiger partial charge in [-0.05, 0) is 19.1 Å². The highest BCUT2D eigenvalue weighted by molar-refractivity contribution is 6.02. The molecule has 9 nitrogen and oxygen atoms in total. The Morgan fingerprint density at radius 1 is 1.12 bits per heavy atom. The lowest BCUT2D eigenvalue weighted by atomic mass is 10.2. The van der Waals surface area contributed by atoms with Crippen molar-refractivity contribution in [3.63, 3.8) is 0 Å². The molecule has 0 aliphatic carbocycles. The molecule has 0 heterocycles. The Morgan fingerprint density at radius 3 is 2.29 bits per heavy atom. The van der Waals surface area contributed by atoms with Crippen LogP contribution in [-0.2, 0) is 19.2 Å². The number of hydrogen-bond donors (Lipinski definition) is 4. The Labute approximate surface area is 138 Å². The molecule has 5 N–H and O–H groups in total. The summed E-state index contributed by atoms with van der Waals surface area (Å²) in [5, 5.41) is 13.2. The number of nitrogens with zero attached hydrogens (tertiary/aromatic N) is 1. The van der Waals surface area contributed by atoms with Gasteiger partial charge < -0.3 is 21.5 Å². The smallest absolute Gasteiger partial charge is 0.322 e. The van der Waals surface area contributed by atoms with Gasteiger partial charge in [-0.25, -0.2) is 0 Å². The molecule has 1 rings (SSSR count). The third-order valence-electron chi connectivity index (χ3n) is 3.11. The van der Waals surface area contributed by atoms with Gasteiger partial charge in [0.05, 0.1) is 13.1 Å². The molecule has 0 saturated carbocycles. The maximum atomic E-state index is 12.4. The molecule has 24 heavy (non-hydrogen) atoms. The SMILES string of the molecule is C[C@@H](C(=O)NCC(=O)O)N(C(=O)CNC(=O)CN)c1ccccc1. The second-order valence-corrected chi connectivity index (χ2v) is 4.87. The molecule has 0 spiro atoms. The summed E-state index contributed by atoms with van der Waals surface area (Å²) in [6, 6.07) is 7.42. The molecule has 1 atom stereocenters. The van der Waals surface area contributed by atoms with Crippen LogP contribution in [0.1, 0.15) is 6.92 Å². The number of carbonyl (C=O) groups is 4. The summed E-state index contributed by atoms with van der Waals surface area (Å²) in [4.78, 5) is 47.5. The van der Waals surface area contributed by atoms with E-state index in [1.807, 2.05) is 0 Å². The standard InChI is InChI=1S/C15H20N4O5/c1-10(15(24)18-9-14(22)23)19(11-5-3-2-4-6-11)13(21)8-17-12(20)7-16/h2-6,10H,7-9,16H2,1H3,(H,17,20)(H,18,24)(H,22,23)/t10-/m0/s1. The Kier molecular flexibility index (Phi) is 7.37. The number of benzene rings is 1. The van der Waals surface area contributed by atoms with Crippen molar-refractivity contribution in [2.75, 3.05) is 24.5 Å². The molecule has 0 saturated heterocycles. The predicted molar refractivity (Wildman–Crippen MR) is 86.1 cm³/mol. The van der Waals surface area contributed by atoms with E-state index in [1.54, 1.807) is 30.3 Å². The number of carbonyl (C=O) groups excluding carboxylic acids is 3. The lowest BCUT2D eigenvalue weighted by Crippen LogP contribution is -2.52. The van der Waals surface area contributed by atoms with E-state index in [9.17, 15) is 19.2 Å². The predicted octanol–water partition coefficient (Wildman–Crippen LogP) is -1.32. The zero-order valence-corrected chi connectivity index (χ0v) is 13.2. The summed E-state index contributed by atoms with van der Waals surface area (Å²) in [5.41, 5.74) is 5.61. The van der Waals surface area contributed by atoms with Crippen molar-refractivity contribution in [3.8, 4) is 0 Å². The largest absolute Gasteiger partial charge is 0.480 e. The molecule has 0 radical (unpaired) electrons. The fourth-order valence-corrected chi connectivity index (χ4v) is 1.93. The molecule has 0 aliphatic rings. The number of hydrogen-bond acceptors (Lipinski definition) is 5. The first-order chi connectivity index (χ1) is 11.4. The van der Waals surface area contributed by atoms with E-state index >= 15 is 0 Å². The third kappa shape index (κ3) is 5.69. The molecule has 9 heteroatoms. The lowest BCUT2D eigenvalue weighted by molar-refractivity contribution is -0.138. The van der Waals surface area contributed by atoms with Gasteiger partial charge in [0.1, 0.15) is 12.6 Å². The number of carboxylic acid groups (broad SMARTS) is 1. The molecule has 1 aromatic carbocycles. The van der Waals surface area contributed by atoms with Crippen molar-refractivity contribution < 1.29 is 24.3 Å². The van der Waals surface area contributed by atoms with Crippen molar-refractivity contribution in [1.82, 2.24) is 10.6 Å². The molecule has 0 unspecified atom stereocenters. The highest BCUT2D eigenvalue weighted by Crippen LogP contribution is 2.17. The van der Waals surface area contributed by atoms with Gasteiger partial charge in [-0.2, -0.15) is 0 Å². The molecule has 0 fully saturated rings. The number of anilines is 1. The van der Waals surface area contributed by atoms with E-state index in [0.717, 1.165) is 0 Å². The van der Waals surface area contributed by atoms with E-state index in [0.29, 0.717) is 5.69 Å². The van der Waals surface area contributed by atoms with Gasteiger partial charge in [-0.3, -0.25) is 24.1 Å². The van der Waals surface area contributed by atoms with Gasteiger partial charge in [-0.1, -0.05) is 18.2 Å². The molecule has 0 aromatic heterocycles. The van der Waals surface area contributed by atoms with Crippen LogP contribution in [0.25, 0.3) is 0 Å². The zero-order valence-electron chi connectivity index (χ0n) is 13.2. The van der Waals surface area contributed by atoms with Crippen LogP contribution in [0.5, 0.6) is 0 Å². The fourth-order valence-electron chi connectivity index (χ4n) is 1.93. The molecule has 130 valence electrons. The third-order valence-corrected chi connectivity index (χ3v) is 3.11. The number of nitrogens with two attached hydrogens (primary N) is 1. The van der Waals surface area contributed by atoms with E-state index in [4.69, 9.17) is 10.8 Å². The maximum Gasteiger partial charge on any atom is 0.322 e. The van der Waals surface area contributed by atoms with Crippen molar-refractivity contribution in [2.24, 2.45) is 5.73 Å². The van der Waals surface area contributed by atoms with Gasteiger partial charge in [0, 0.05) is 5.69 Å². The quantitative estimate of drug-likeness (QED) is 0.464. The second-order valence-electron chi connectivity index (χ2n) is 4.87. The minimum atomic E-state index is -1.19. The molecule has 0 aliphatic heterocycles. The Bertz CT molecular complexity index is 605. The normalized spacial score (nSPS) is 11.2. The molecular formula is C15H20N4O5. The van der Waals surface area contributed by atoms with E-state index in [1.165, 1.54) is 11.8 Å². The Hall–Kier alpha value is -2.94. The monoisotopic (exact) mass is 336 g/mol. The summed E-state index contributed by atoms with van der Waals surface area (Å²) in [6.45, 7) is 0.325. The Balaban J connectivity index is 2.93. The van der Waals surface area contributed by atoms with Gasteiger partial charge in [0.25, 0.3) is 0 Å². The average molecular weight is 336 g/mol. The van der Waals surface area contributed by atoms with Crippen LogP contribution < -0.4 is 21.3 Å². The van der Waals surface area contributed by atoms with Crippen molar-refractivity contribution in [1.29, 1.82) is 0 Å². The summed E-state index contributed by atoms with van der Waals surface area (Å²) in [7, 11) is 0. The van der Waals surface area contributed by atoms with Gasteiger partial charge in [0.2, 0.25) is 17.7 Å². The number of rotatable bonds is 8. The minimum Gasteiger partial charge on any atom is -0.480 e. The number of nitrogens with one attached hydrogen (secondary N) is 2. The van der Waals surface area contributed by atoms with Gasteiger partial charge in [0.15, 0.2) is 0 Å². The highest BCUT2D eigenvalue weighted by Gasteiger charge is 2.27. The average Bonchev–Trinajstić information content (AvgIpc) is 2.58. The number of para-hydroxylation sites is 1. The van der Waals surface area contributed by atoms with Crippen LogP contribution in [0.15, 0.2) is 30.3 Å². The first-order valence-electron chi connectivity index (χ1n) is 7.20. The summed E-state index contributed by atoms with van der Waals surface area (Å²) in [6.07, 6.45) is 0. The van der Waals surface area contributed by atoms with Crippen LogP contribution in [0.4, 0.5) is 5.69 Å². The lowest BCUT2D eigenvalue weighted by Gasteiger charge is -2.28. The van der Waals surface area contributed by atoms with E-state index in [-0.39, 0.29) is 13.1 Å². The maximum absolute atomic E-state index is 12.4. The topological polar surface area (TPSA) is 142 Å². The minimum absolute atomic E-state index is 0.257. The fraction of sp³-hybridized carbons (Fsp3) is 0.333. The highest BCUT2D eigenvalue weighted by atomic mass is 16.4. The van der Waals surface area contributed by atoms with Gasteiger partial charge in [-0.15, -0.1) is 0 Å². The summed E-state index contributed by atoms with van der Waals surface area (Å²) >= 11 is 0. The van der Waals surface area contributed by atoms with Crippen LogP contribution in [-0.4, -0.2) is 54.5 Å². The molecule has 3 amide bonds. The molecule has 0 bridgehead atoms. The van der Waals surface area contributed by atoms with Crippen LogP contribution in [0, 0.1) is 0 Å². The van der Waals surface area contributed by atoms with Crippen molar-refractivity contribution in [3.05, 3.63) is 30.3 Å². The summed E-state index contributed by atoms with van der Waals surface area (Å²) < 4.78 is 0. The molecule has 1 aromatic rings. The number of aliphatic carboxylic acids is 1. The number of carboxylic acids is 1. The van der Waals surface area contributed by atoms with Crippen molar-refractivity contribution >= 4 is 29.4 Å². The second kappa shape index (κ2) is 9.26. The van der Waals surface area contributed by atoms with Crippen LogP contribution >= 0.6 is 0 Å². The van der Waals surface area contributed by atoms with Crippen LogP contribution in [0.3, 0.4) is 0 Å². The first kappa shape index (κ1) is 19.1. The van der Waals surface area contributed by atoms with Crippen molar-refractivity contribution in [2.45, 2.75) is 13.0 Å². The van der Waals surface area contributed by atoms with E-state index in [2.05, 4.69) is 10.6 Å². The van der Waals surface area contributed by atoms with E-state index < -0.39 is 36.3 Å². The Morgan fingerprint density at radius 2 is 1.75 bits per heavy atom. The number of amides is 3. The van der Waals surface area contributed by atoms with Crippen LogP contribution in [0.2, 0.25) is 0 Å².